The number of piperidine rings is 1. The Kier molecular flexibility index (Phi) is 4.76. The van der Waals surface area contributed by atoms with Crippen LogP contribution >= 0.6 is 0 Å². The Labute approximate surface area is 140 Å². The molecule has 1 amide bonds. The monoisotopic (exact) mass is 323 g/mol. The van der Waals surface area contributed by atoms with Crippen LogP contribution in [0.15, 0.2) is 0 Å². The first-order valence-corrected chi connectivity index (χ1v) is 9.51. The van der Waals surface area contributed by atoms with Crippen LogP contribution in [-0.2, 0) is 9.53 Å². The highest BCUT2D eigenvalue weighted by Crippen LogP contribution is 2.51. The molecule has 3 rings (SSSR count). The second-order valence-corrected chi connectivity index (χ2v) is 8.42. The molecule has 0 bridgehead atoms. The minimum atomic E-state index is -0.251. The number of amides is 1. The minimum absolute atomic E-state index is 0.0930. The lowest BCUT2D eigenvalue weighted by Crippen LogP contribution is -2.63. The van der Waals surface area contributed by atoms with E-state index in [0.717, 1.165) is 32.4 Å². The van der Waals surface area contributed by atoms with E-state index >= 15 is 0 Å². The molecule has 1 N–H and O–H groups in total. The molecule has 1 aliphatic heterocycles. The summed E-state index contributed by atoms with van der Waals surface area (Å²) in [7, 11) is 0. The lowest BCUT2D eigenvalue weighted by atomic mass is 9.58. The summed E-state index contributed by atoms with van der Waals surface area (Å²) in [6.45, 7) is 8.54. The molecule has 3 fully saturated rings. The number of rotatable bonds is 4. The van der Waals surface area contributed by atoms with E-state index in [-0.39, 0.29) is 23.0 Å². The molecule has 2 aliphatic carbocycles. The summed E-state index contributed by atoms with van der Waals surface area (Å²) in [4.78, 5) is 15.1. The summed E-state index contributed by atoms with van der Waals surface area (Å²) in [5.41, 5.74) is -0.331. The summed E-state index contributed by atoms with van der Waals surface area (Å²) in [6.07, 6.45) is 7.39. The van der Waals surface area contributed by atoms with Crippen molar-refractivity contribution in [1.29, 1.82) is 0 Å². The number of ether oxygens (including phenoxy) is 1. The summed E-state index contributed by atoms with van der Waals surface area (Å²) in [6, 6.07) is 0. The molecule has 3 aliphatic rings. The summed E-state index contributed by atoms with van der Waals surface area (Å²) in [5.74, 6) is 0.859. The predicted octanol–water partition coefficient (Wildman–Crippen LogP) is 2.98. The maximum Gasteiger partial charge on any atom is 0.228 e. The van der Waals surface area contributed by atoms with E-state index < -0.39 is 0 Å². The van der Waals surface area contributed by atoms with Gasteiger partial charge in [-0.3, -0.25) is 4.79 Å². The number of carbonyl (C=O) groups excluding carboxylic acids is 1. The summed E-state index contributed by atoms with van der Waals surface area (Å²) in [5, 5.41) is 10.3. The molecule has 1 spiro atoms. The van der Waals surface area contributed by atoms with Crippen LogP contribution in [0.2, 0.25) is 0 Å². The Morgan fingerprint density at radius 1 is 1.26 bits per heavy atom. The van der Waals surface area contributed by atoms with Gasteiger partial charge in [0.05, 0.1) is 12.2 Å². The fraction of sp³-hybridized carbons (Fsp3) is 0.947. The highest BCUT2D eigenvalue weighted by Gasteiger charge is 2.56. The van der Waals surface area contributed by atoms with Gasteiger partial charge in [0, 0.05) is 36.9 Å². The van der Waals surface area contributed by atoms with Gasteiger partial charge in [0.2, 0.25) is 5.91 Å². The van der Waals surface area contributed by atoms with Crippen molar-refractivity contribution in [3.8, 4) is 0 Å². The summed E-state index contributed by atoms with van der Waals surface area (Å²) < 4.78 is 5.82. The van der Waals surface area contributed by atoms with E-state index in [1.807, 2.05) is 6.92 Å². The van der Waals surface area contributed by atoms with Crippen LogP contribution in [0.3, 0.4) is 0 Å². The molecule has 132 valence electrons. The molecule has 0 radical (unpaired) electrons. The molecule has 2 atom stereocenters. The molecule has 2 unspecified atom stereocenters. The van der Waals surface area contributed by atoms with Crippen molar-refractivity contribution < 1.29 is 14.6 Å². The average molecular weight is 323 g/mol. The fourth-order valence-electron chi connectivity index (χ4n) is 5.17. The molecule has 0 aromatic carbocycles. The van der Waals surface area contributed by atoms with Gasteiger partial charge >= 0.3 is 0 Å². The third-order valence-electron chi connectivity index (χ3n) is 7.02. The van der Waals surface area contributed by atoms with Gasteiger partial charge < -0.3 is 14.7 Å². The Balaban J connectivity index is 1.61. The Hall–Kier alpha value is -0.610. The first-order valence-electron chi connectivity index (χ1n) is 9.51. The topological polar surface area (TPSA) is 49.8 Å². The zero-order valence-electron chi connectivity index (χ0n) is 15.0. The van der Waals surface area contributed by atoms with E-state index in [2.05, 4.69) is 18.7 Å². The van der Waals surface area contributed by atoms with Gasteiger partial charge in [-0.25, -0.2) is 0 Å². The van der Waals surface area contributed by atoms with Gasteiger partial charge in [-0.15, -0.1) is 0 Å². The smallest absolute Gasteiger partial charge is 0.228 e. The molecule has 0 aromatic heterocycles. The van der Waals surface area contributed by atoms with Crippen molar-refractivity contribution >= 4 is 5.91 Å². The third kappa shape index (κ3) is 2.82. The van der Waals surface area contributed by atoms with E-state index in [4.69, 9.17) is 4.74 Å². The average Bonchev–Trinajstić information content (AvgIpc) is 3.09. The van der Waals surface area contributed by atoms with Crippen molar-refractivity contribution in [1.82, 2.24) is 4.90 Å². The largest absolute Gasteiger partial charge is 0.392 e. The third-order valence-corrected chi connectivity index (χ3v) is 7.02. The first-order chi connectivity index (χ1) is 10.9. The zero-order valence-corrected chi connectivity index (χ0v) is 15.0. The number of aliphatic hydroxyl groups excluding tert-OH is 1. The maximum atomic E-state index is 13.0. The Morgan fingerprint density at radius 2 is 1.87 bits per heavy atom. The SMILES string of the molecule is CCOC1CC(O)C12CCN(C(=O)C(C)(C)C1CCCC1)CC2. The standard InChI is InChI=1S/C19H33NO3/c1-4-23-16-13-15(21)19(16)9-11-20(12-10-19)17(22)18(2,3)14-7-5-6-8-14/h14-16,21H,4-13H2,1-3H3. The molecule has 23 heavy (non-hydrogen) atoms. The van der Waals surface area contributed by atoms with Crippen LogP contribution in [0, 0.1) is 16.7 Å². The first kappa shape index (κ1) is 17.2. The van der Waals surface area contributed by atoms with E-state index in [0.29, 0.717) is 18.4 Å². The quantitative estimate of drug-likeness (QED) is 0.865. The van der Waals surface area contributed by atoms with Crippen LogP contribution in [0.1, 0.15) is 65.7 Å². The molecule has 2 saturated carbocycles. The van der Waals surface area contributed by atoms with Gasteiger partial charge in [0.1, 0.15) is 0 Å². The highest BCUT2D eigenvalue weighted by atomic mass is 16.5. The van der Waals surface area contributed by atoms with Crippen molar-refractivity contribution in [2.75, 3.05) is 19.7 Å². The molecule has 0 aromatic rings. The van der Waals surface area contributed by atoms with Gasteiger partial charge in [0.25, 0.3) is 0 Å². The second kappa shape index (κ2) is 6.36. The number of aliphatic hydroxyl groups is 1. The van der Waals surface area contributed by atoms with Gasteiger partial charge in [-0.1, -0.05) is 26.7 Å². The lowest BCUT2D eigenvalue weighted by Gasteiger charge is -2.57. The predicted molar refractivity (Wildman–Crippen MR) is 90.0 cm³/mol. The van der Waals surface area contributed by atoms with Crippen LogP contribution < -0.4 is 0 Å². The van der Waals surface area contributed by atoms with E-state index in [1.165, 1.54) is 25.7 Å². The molecular weight excluding hydrogens is 290 g/mol. The maximum absolute atomic E-state index is 13.0. The zero-order chi connectivity index (χ0) is 16.7. The fourth-order valence-corrected chi connectivity index (χ4v) is 5.17. The Bertz CT molecular complexity index is 432. The number of hydrogen-bond donors (Lipinski definition) is 1. The van der Waals surface area contributed by atoms with E-state index in [9.17, 15) is 9.90 Å². The Morgan fingerprint density at radius 3 is 2.39 bits per heavy atom. The normalized spacial score (nSPS) is 31.4. The van der Waals surface area contributed by atoms with Crippen molar-refractivity contribution in [3.63, 3.8) is 0 Å². The van der Waals surface area contributed by atoms with Crippen LogP contribution in [-0.4, -0.2) is 47.8 Å². The number of nitrogens with zero attached hydrogens (tertiary/aromatic N) is 1. The van der Waals surface area contributed by atoms with Crippen LogP contribution in [0.4, 0.5) is 0 Å². The minimum Gasteiger partial charge on any atom is -0.392 e. The molecule has 1 heterocycles. The van der Waals surface area contributed by atoms with Crippen LogP contribution in [0.5, 0.6) is 0 Å². The molecular formula is C19H33NO3. The van der Waals surface area contributed by atoms with E-state index in [1.54, 1.807) is 0 Å². The van der Waals surface area contributed by atoms with Gasteiger partial charge in [0.15, 0.2) is 0 Å². The van der Waals surface area contributed by atoms with Gasteiger partial charge in [-0.2, -0.15) is 0 Å². The second-order valence-electron chi connectivity index (χ2n) is 8.42. The highest BCUT2D eigenvalue weighted by molar-refractivity contribution is 5.82. The van der Waals surface area contributed by atoms with Gasteiger partial charge in [-0.05, 0) is 38.5 Å². The number of hydrogen-bond acceptors (Lipinski definition) is 3. The lowest BCUT2D eigenvalue weighted by molar-refractivity contribution is -0.211. The van der Waals surface area contributed by atoms with Crippen molar-refractivity contribution in [2.24, 2.45) is 16.7 Å². The van der Waals surface area contributed by atoms with Crippen molar-refractivity contribution in [3.05, 3.63) is 0 Å². The molecule has 4 nitrogen and oxygen atoms in total. The van der Waals surface area contributed by atoms with Crippen LogP contribution in [0.25, 0.3) is 0 Å². The summed E-state index contributed by atoms with van der Waals surface area (Å²) >= 11 is 0. The molecule has 4 heteroatoms. The number of likely N-dealkylation sites (tertiary alicyclic amines) is 1. The molecule has 1 saturated heterocycles. The van der Waals surface area contributed by atoms with Crippen molar-refractivity contribution in [2.45, 2.75) is 77.9 Å². The number of carbonyl (C=O) groups is 1.